The van der Waals surface area contributed by atoms with Crippen LogP contribution in [0.4, 0.5) is 5.00 Å². The number of amides is 1. The van der Waals surface area contributed by atoms with Gasteiger partial charge >= 0.3 is 0 Å². The fourth-order valence-electron chi connectivity index (χ4n) is 1.11. The second-order valence-corrected chi connectivity index (χ2v) is 3.72. The molecule has 0 bridgehead atoms. The minimum absolute atomic E-state index is 0.0495. The van der Waals surface area contributed by atoms with Crippen LogP contribution in [0.5, 0.6) is 0 Å². The van der Waals surface area contributed by atoms with Crippen LogP contribution in [0.3, 0.4) is 0 Å². The molecule has 2 aromatic heterocycles. The van der Waals surface area contributed by atoms with Crippen molar-refractivity contribution < 1.29 is 4.79 Å². The number of pyridine rings is 1. The molecule has 0 aliphatic carbocycles. The van der Waals surface area contributed by atoms with E-state index in [2.05, 4.69) is 10.3 Å². The Morgan fingerprint density at radius 1 is 1.62 bits per heavy atom. The van der Waals surface area contributed by atoms with Crippen LogP contribution < -0.4 is 5.32 Å². The van der Waals surface area contributed by atoms with Crippen molar-refractivity contribution in [3.8, 4) is 0 Å². The quantitative estimate of drug-likeness (QED) is 0.753. The van der Waals surface area contributed by atoms with E-state index in [1.807, 2.05) is 18.2 Å². The lowest BCUT2D eigenvalue weighted by molar-refractivity contribution is -0.114. The van der Waals surface area contributed by atoms with E-state index in [1.165, 1.54) is 18.3 Å². The first-order valence-electron chi connectivity index (χ1n) is 3.88. The summed E-state index contributed by atoms with van der Waals surface area (Å²) in [6.07, 6.45) is 1.75. The lowest BCUT2D eigenvalue weighted by Crippen LogP contribution is -2.03. The molecule has 2 aromatic rings. The fourth-order valence-corrected chi connectivity index (χ4v) is 2.06. The third-order valence-corrected chi connectivity index (χ3v) is 2.57. The molecule has 0 atom stereocenters. The zero-order valence-corrected chi connectivity index (χ0v) is 7.89. The number of nitrogens with one attached hydrogen (secondary N) is 1. The van der Waals surface area contributed by atoms with E-state index in [4.69, 9.17) is 0 Å². The van der Waals surface area contributed by atoms with Crippen LogP contribution in [-0.2, 0) is 4.79 Å². The Bertz CT molecular complexity index is 417. The highest BCUT2D eigenvalue weighted by molar-refractivity contribution is 7.22. The van der Waals surface area contributed by atoms with Crippen molar-refractivity contribution in [1.29, 1.82) is 0 Å². The summed E-state index contributed by atoms with van der Waals surface area (Å²) >= 11 is 1.48. The Kier molecular flexibility index (Phi) is 1.98. The first kappa shape index (κ1) is 8.19. The van der Waals surface area contributed by atoms with Crippen molar-refractivity contribution in [3.05, 3.63) is 24.4 Å². The van der Waals surface area contributed by atoms with Crippen LogP contribution in [0, 0.1) is 0 Å². The van der Waals surface area contributed by atoms with Gasteiger partial charge in [-0.1, -0.05) is 17.4 Å². The van der Waals surface area contributed by atoms with E-state index in [-0.39, 0.29) is 5.91 Å². The van der Waals surface area contributed by atoms with Crippen molar-refractivity contribution in [2.24, 2.45) is 0 Å². The molecule has 0 saturated carbocycles. The van der Waals surface area contributed by atoms with E-state index in [0.29, 0.717) is 0 Å². The van der Waals surface area contributed by atoms with Gasteiger partial charge in [0.15, 0.2) is 0 Å². The van der Waals surface area contributed by atoms with Gasteiger partial charge in [-0.3, -0.25) is 4.79 Å². The highest BCUT2D eigenvalue weighted by Crippen LogP contribution is 2.27. The van der Waals surface area contributed by atoms with Crippen LogP contribution in [0.25, 0.3) is 10.2 Å². The third kappa shape index (κ3) is 1.67. The number of carbonyl (C=O) groups is 1. The molecule has 0 aromatic carbocycles. The highest BCUT2D eigenvalue weighted by atomic mass is 32.1. The number of hydrogen-bond acceptors (Lipinski definition) is 3. The number of fused-ring (bicyclic) bond motifs is 1. The summed E-state index contributed by atoms with van der Waals surface area (Å²) in [5, 5.41) is 4.65. The number of carbonyl (C=O) groups excluding carboxylic acids is 1. The van der Waals surface area contributed by atoms with E-state index < -0.39 is 0 Å². The van der Waals surface area contributed by atoms with Gasteiger partial charge in [-0.05, 0) is 12.1 Å². The molecule has 2 rings (SSSR count). The number of aromatic nitrogens is 1. The van der Waals surface area contributed by atoms with Crippen LogP contribution in [0.15, 0.2) is 24.4 Å². The van der Waals surface area contributed by atoms with Crippen molar-refractivity contribution in [2.45, 2.75) is 6.92 Å². The van der Waals surface area contributed by atoms with E-state index in [9.17, 15) is 4.79 Å². The van der Waals surface area contributed by atoms with Gasteiger partial charge in [0.05, 0.1) is 5.00 Å². The van der Waals surface area contributed by atoms with Gasteiger partial charge in [-0.25, -0.2) is 4.98 Å². The van der Waals surface area contributed by atoms with E-state index >= 15 is 0 Å². The first-order chi connectivity index (χ1) is 6.25. The molecule has 0 fully saturated rings. The minimum atomic E-state index is -0.0495. The normalized spacial score (nSPS) is 10.2. The molecule has 1 N–H and O–H groups in total. The van der Waals surface area contributed by atoms with Crippen LogP contribution in [0.2, 0.25) is 0 Å². The monoisotopic (exact) mass is 192 g/mol. The highest BCUT2D eigenvalue weighted by Gasteiger charge is 2.02. The summed E-state index contributed by atoms with van der Waals surface area (Å²) in [7, 11) is 0. The zero-order valence-electron chi connectivity index (χ0n) is 7.07. The van der Waals surface area contributed by atoms with Crippen LogP contribution in [0.1, 0.15) is 6.92 Å². The maximum atomic E-state index is 10.8. The molecule has 0 aliphatic heterocycles. The Morgan fingerprint density at radius 2 is 2.46 bits per heavy atom. The maximum Gasteiger partial charge on any atom is 0.221 e. The summed E-state index contributed by atoms with van der Waals surface area (Å²) < 4.78 is 0. The molecule has 66 valence electrons. The number of anilines is 1. The van der Waals surface area contributed by atoms with E-state index in [0.717, 1.165) is 15.2 Å². The summed E-state index contributed by atoms with van der Waals surface area (Å²) in [5.74, 6) is -0.0495. The molecule has 1 amide bonds. The second kappa shape index (κ2) is 3.14. The molecular weight excluding hydrogens is 184 g/mol. The predicted molar refractivity (Wildman–Crippen MR) is 53.9 cm³/mol. The molecule has 0 radical (unpaired) electrons. The summed E-state index contributed by atoms with van der Waals surface area (Å²) in [6.45, 7) is 1.50. The number of thiophene rings is 1. The predicted octanol–water partition coefficient (Wildman–Crippen LogP) is 2.25. The summed E-state index contributed by atoms with van der Waals surface area (Å²) in [6, 6.07) is 5.78. The zero-order chi connectivity index (χ0) is 9.26. The molecule has 3 nitrogen and oxygen atoms in total. The van der Waals surface area contributed by atoms with Crippen molar-refractivity contribution >= 4 is 32.5 Å². The number of hydrogen-bond donors (Lipinski definition) is 1. The lowest BCUT2D eigenvalue weighted by atomic mass is 10.3. The average Bonchev–Trinajstić information content (AvgIpc) is 2.44. The van der Waals surface area contributed by atoms with Gasteiger partial charge in [-0.2, -0.15) is 0 Å². The Balaban J connectivity index is 2.44. The summed E-state index contributed by atoms with van der Waals surface area (Å²) in [4.78, 5) is 15.9. The molecule has 0 spiro atoms. The standard InChI is InChI=1S/C9H8N2OS/c1-6(12)11-8-5-7-3-2-4-10-9(7)13-8/h2-5H,1H3,(H,11,12). The second-order valence-electron chi connectivity index (χ2n) is 2.69. The average molecular weight is 192 g/mol. The van der Waals surface area contributed by atoms with Crippen molar-refractivity contribution in [1.82, 2.24) is 4.98 Å². The van der Waals surface area contributed by atoms with Crippen LogP contribution >= 0.6 is 11.3 Å². The number of rotatable bonds is 1. The smallest absolute Gasteiger partial charge is 0.221 e. The molecule has 0 unspecified atom stereocenters. The Labute approximate surface area is 79.4 Å². The van der Waals surface area contributed by atoms with Gasteiger partial charge in [0.1, 0.15) is 4.83 Å². The lowest BCUT2D eigenvalue weighted by Gasteiger charge is -1.92. The molecule has 0 saturated heterocycles. The van der Waals surface area contributed by atoms with Gasteiger partial charge < -0.3 is 5.32 Å². The minimum Gasteiger partial charge on any atom is -0.318 e. The fraction of sp³-hybridized carbons (Fsp3) is 0.111. The first-order valence-corrected chi connectivity index (χ1v) is 4.69. The molecule has 0 aliphatic rings. The topological polar surface area (TPSA) is 42.0 Å². The molecule has 4 heteroatoms. The van der Waals surface area contributed by atoms with Gasteiger partial charge in [0, 0.05) is 18.5 Å². The van der Waals surface area contributed by atoms with Crippen molar-refractivity contribution in [2.75, 3.05) is 5.32 Å². The number of nitrogens with zero attached hydrogens (tertiary/aromatic N) is 1. The Hall–Kier alpha value is -1.42. The van der Waals surface area contributed by atoms with Crippen LogP contribution in [-0.4, -0.2) is 10.9 Å². The van der Waals surface area contributed by atoms with Gasteiger partial charge in [0.2, 0.25) is 5.91 Å². The molecule has 2 heterocycles. The summed E-state index contributed by atoms with van der Waals surface area (Å²) in [5.41, 5.74) is 0. The maximum absolute atomic E-state index is 10.8. The SMILES string of the molecule is CC(=O)Nc1cc2cccnc2s1. The molecule has 13 heavy (non-hydrogen) atoms. The van der Waals surface area contributed by atoms with Gasteiger partial charge in [0.25, 0.3) is 0 Å². The molecular formula is C9H8N2OS. The van der Waals surface area contributed by atoms with Gasteiger partial charge in [-0.15, -0.1) is 0 Å². The Morgan fingerprint density at radius 3 is 3.15 bits per heavy atom. The van der Waals surface area contributed by atoms with Crippen molar-refractivity contribution in [3.63, 3.8) is 0 Å². The third-order valence-electron chi connectivity index (χ3n) is 1.59. The largest absolute Gasteiger partial charge is 0.318 e. The van der Waals surface area contributed by atoms with E-state index in [1.54, 1.807) is 6.20 Å².